The van der Waals surface area contributed by atoms with E-state index in [4.69, 9.17) is 5.73 Å². The smallest absolute Gasteiger partial charge is 0.270 e. The Morgan fingerprint density at radius 3 is 2.89 bits per heavy atom. The molecular weight excluding hydrogens is 258 g/mol. The summed E-state index contributed by atoms with van der Waals surface area (Å²) in [6.07, 6.45) is 3.49. The average Bonchev–Trinajstić information content (AvgIpc) is 2.97. The Kier molecular flexibility index (Phi) is 4.58. The Morgan fingerprint density at radius 1 is 1.63 bits per heavy atom. The SMILES string of the molecule is CCC1CCC(NC(=O)c2csc(C(C)N)n2)C1C. The number of nitrogens with two attached hydrogens (primary N) is 1. The van der Waals surface area contributed by atoms with Crippen LogP contribution in [0.3, 0.4) is 0 Å². The lowest BCUT2D eigenvalue weighted by Crippen LogP contribution is -2.37. The second-order valence-electron chi connectivity index (χ2n) is 5.54. The van der Waals surface area contributed by atoms with Crippen LogP contribution in [0.25, 0.3) is 0 Å². The zero-order valence-electron chi connectivity index (χ0n) is 11.8. The monoisotopic (exact) mass is 281 g/mol. The van der Waals surface area contributed by atoms with Gasteiger partial charge >= 0.3 is 0 Å². The molecule has 1 fully saturated rings. The van der Waals surface area contributed by atoms with Gasteiger partial charge in [-0.15, -0.1) is 11.3 Å². The quantitative estimate of drug-likeness (QED) is 0.891. The Labute approximate surface area is 118 Å². The van der Waals surface area contributed by atoms with Crippen molar-refractivity contribution >= 4 is 17.2 Å². The highest BCUT2D eigenvalue weighted by atomic mass is 32.1. The second kappa shape index (κ2) is 6.01. The molecule has 0 aromatic carbocycles. The Balaban J connectivity index is 1.97. The first-order valence-electron chi connectivity index (χ1n) is 7.04. The van der Waals surface area contributed by atoms with E-state index in [9.17, 15) is 4.79 Å². The topological polar surface area (TPSA) is 68.0 Å². The molecule has 0 radical (unpaired) electrons. The van der Waals surface area contributed by atoms with Crippen molar-refractivity contribution in [1.29, 1.82) is 0 Å². The Morgan fingerprint density at radius 2 is 2.37 bits per heavy atom. The van der Waals surface area contributed by atoms with E-state index in [0.717, 1.165) is 17.3 Å². The van der Waals surface area contributed by atoms with Crippen LogP contribution in [0.4, 0.5) is 0 Å². The predicted octanol–water partition coefficient (Wildman–Crippen LogP) is 2.72. The van der Waals surface area contributed by atoms with Gasteiger partial charge in [0.2, 0.25) is 0 Å². The van der Waals surface area contributed by atoms with Crippen LogP contribution in [0.15, 0.2) is 5.38 Å². The first-order valence-corrected chi connectivity index (χ1v) is 7.92. The number of amides is 1. The van der Waals surface area contributed by atoms with E-state index in [-0.39, 0.29) is 18.0 Å². The number of nitrogens with zero attached hydrogens (tertiary/aromatic N) is 1. The number of aromatic nitrogens is 1. The van der Waals surface area contributed by atoms with E-state index in [1.54, 1.807) is 5.38 Å². The molecule has 5 heteroatoms. The number of rotatable bonds is 4. The van der Waals surface area contributed by atoms with Gasteiger partial charge in [0, 0.05) is 11.4 Å². The summed E-state index contributed by atoms with van der Waals surface area (Å²) in [6, 6.07) is 0.180. The van der Waals surface area contributed by atoms with Gasteiger partial charge in [-0.25, -0.2) is 4.98 Å². The van der Waals surface area contributed by atoms with Crippen molar-refractivity contribution in [1.82, 2.24) is 10.3 Å². The lowest BCUT2D eigenvalue weighted by atomic mass is 9.93. The normalized spacial score (nSPS) is 28.3. The molecule has 3 N–H and O–H groups in total. The molecule has 4 unspecified atom stereocenters. The van der Waals surface area contributed by atoms with Crippen LogP contribution in [0, 0.1) is 11.8 Å². The van der Waals surface area contributed by atoms with Gasteiger partial charge < -0.3 is 11.1 Å². The van der Waals surface area contributed by atoms with Gasteiger partial charge in [0.25, 0.3) is 5.91 Å². The van der Waals surface area contributed by atoms with Gasteiger partial charge in [-0.1, -0.05) is 20.3 Å². The highest BCUT2D eigenvalue weighted by Crippen LogP contribution is 2.34. The molecule has 1 amide bonds. The van der Waals surface area contributed by atoms with Crippen LogP contribution in [0.1, 0.15) is 61.6 Å². The van der Waals surface area contributed by atoms with Crippen LogP contribution in [-0.4, -0.2) is 16.9 Å². The summed E-state index contributed by atoms with van der Waals surface area (Å²) in [6.45, 7) is 6.34. The lowest BCUT2D eigenvalue weighted by Gasteiger charge is -2.20. The molecule has 1 saturated carbocycles. The molecule has 2 rings (SSSR count). The number of carbonyl (C=O) groups is 1. The van der Waals surface area contributed by atoms with Gasteiger partial charge in [-0.05, 0) is 31.6 Å². The van der Waals surface area contributed by atoms with Crippen molar-refractivity contribution in [3.8, 4) is 0 Å². The van der Waals surface area contributed by atoms with E-state index in [1.807, 2.05) is 6.92 Å². The van der Waals surface area contributed by atoms with E-state index >= 15 is 0 Å². The van der Waals surface area contributed by atoms with Crippen LogP contribution >= 0.6 is 11.3 Å². The molecule has 0 saturated heterocycles. The summed E-state index contributed by atoms with van der Waals surface area (Å²) in [5, 5.41) is 5.74. The standard InChI is InChI=1S/C14H23N3OS/c1-4-10-5-6-11(8(10)2)16-13(18)12-7-19-14(17-12)9(3)15/h7-11H,4-6,15H2,1-3H3,(H,16,18). The summed E-state index contributed by atoms with van der Waals surface area (Å²) in [7, 11) is 0. The summed E-state index contributed by atoms with van der Waals surface area (Å²) in [4.78, 5) is 16.5. The second-order valence-corrected chi connectivity index (χ2v) is 6.43. The number of carbonyl (C=O) groups excluding carboxylic acids is 1. The summed E-state index contributed by atoms with van der Waals surface area (Å²) in [5.41, 5.74) is 6.27. The highest BCUT2D eigenvalue weighted by Gasteiger charge is 2.32. The third-order valence-corrected chi connectivity index (χ3v) is 5.26. The molecule has 4 atom stereocenters. The number of hydrogen-bond donors (Lipinski definition) is 2. The first kappa shape index (κ1) is 14.5. The molecule has 1 aromatic heterocycles. The first-order chi connectivity index (χ1) is 9.02. The van der Waals surface area contributed by atoms with Crippen molar-refractivity contribution in [3.63, 3.8) is 0 Å². The molecule has 1 aromatic rings. The molecule has 106 valence electrons. The van der Waals surface area contributed by atoms with E-state index in [0.29, 0.717) is 11.6 Å². The van der Waals surface area contributed by atoms with Gasteiger partial charge in [0.1, 0.15) is 10.7 Å². The number of nitrogens with one attached hydrogen (secondary N) is 1. The maximum Gasteiger partial charge on any atom is 0.270 e. The number of thiazole rings is 1. The Hall–Kier alpha value is -0.940. The third kappa shape index (κ3) is 3.15. The molecule has 1 heterocycles. The molecular formula is C14H23N3OS. The minimum Gasteiger partial charge on any atom is -0.348 e. The lowest BCUT2D eigenvalue weighted by molar-refractivity contribution is 0.0922. The van der Waals surface area contributed by atoms with Gasteiger partial charge in [0.05, 0.1) is 6.04 Å². The zero-order chi connectivity index (χ0) is 14.0. The minimum atomic E-state index is -0.110. The molecule has 4 nitrogen and oxygen atoms in total. The fraction of sp³-hybridized carbons (Fsp3) is 0.714. The largest absolute Gasteiger partial charge is 0.348 e. The molecule has 0 spiro atoms. The third-order valence-electron chi connectivity index (χ3n) is 4.21. The van der Waals surface area contributed by atoms with Crippen molar-refractivity contribution in [2.45, 2.75) is 52.1 Å². The van der Waals surface area contributed by atoms with Crippen LogP contribution in [0.5, 0.6) is 0 Å². The summed E-state index contributed by atoms with van der Waals surface area (Å²) in [5.74, 6) is 1.23. The average molecular weight is 281 g/mol. The van der Waals surface area contributed by atoms with Crippen molar-refractivity contribution in [2.24, 2.45) is 17.6 Å². The van der Waals surface area contributed by atoms with Crippen LogP contribution in [-0.2, 0) is 0 Å². The van der Waals surface area contributed by atoms with Gasteiger partial charge in [-0.3, -0.25) is 4.79 Å². The van der Waals surface area contributed by atoms with E-state index < -0.39 is 0 Å². The highest BCUT2D eigenvalue weighted by molar-refractivity contribution is 7.09. The van der Waals surface area contributed by atoms with Crippen molar-refractivity contribution in [3.05, 3.63) is 16.1 Å². The maximum absolute atomic E-state index is 12.2. The molecule has 0 bridgehead atoms. The Bertz CT molecular complexity index is 444. The van der Waals surface area contributed by atoms with Crippen molar-refractivity contribution < 1.29 is 4.79 Å². The maximum atomic E-state index is 12.2. The molecule has 19 heavy (non-hydrogen) atoms. The van der Waals surface area contributed by atoms with Crippen molar-refractivity contribution in [2.75, 3.05) is 0 Å². The van der Waals surface area contributed by atoms with E-state index in [2.05, 4.69) is 24.1 Å². The zero-order valence-corrected chi connectivity index (χ0v) is 12.7. The van der Waals surface area contributed by atoms with Gasteiger partial charge in [-0.2, -0.15) is 0 Å². The minimum absolute atomic E-state index is 0.0586. The summed E-state index contributed by atoms with van der Waals surface area (Å²) >= 11 is 1.45. The summed E-state index contributed by atoms with van der Waals surface area (Å²) < 4.78 is 0. The number of hydrogen-bond acceptors (Lipinski definition) is 4. The van der Waals surface area contributed by atoms with Gasteiger partial charge in [0.15, 0.2) is 0 Å². The molecule has 1 aliphatic carbocycles. The van der Waals surface area contributed by atoms with Crippen LogP contribution in [0.2, 0.25) is 0 Å². The fourth-order valence-corrected chi connectivity index (χ4v) is 3.63. The van der Waals surface area contributed by atoms with Crippen LogP contribution < -0.4 is 11.1 Å². The molecule has 0 aliphatic heterocycles. The fourth-order valence-electron chi connectivity index (χ4n) is 2.87. The van der Waals surface area contributed by atoms with E-state index in [1.165, 1.54) is 24.2 Å². The predicted molar refractivity (Wildman–Crippen MR) is 78.1 cm³/mol. The molecule has 1 aliphatic rings.